The molecule has 2 aromatic rings. The monoisotopic (exact) mass is 230 g/mol. The topological polar surface area (TPSA) is 40.5 Å². The largest absolute Gasteiger partial charge is 0.508 e. The van der Waals surface area contributed by atoms with Crippen LogP contribution in [0.2, 0.25) is 0 Å². The zero-order valence-corrected chi connectivity index (χ0v) is 10.4. The molecule has 0 atom stereocenters. The van der Waals surface area contributed by atoms with E-state index in [1.165, 1.54) is 0 Å². The van der Waals surface area contributed by atoms with Crippen LogP contribution in [0.15, 0.2) is 42.5 Å². The number of hydrogen-bond acceptors (Lipinski definition) is 2. The van der Waals surface area contributed by atoms with Gasteiger partial charge >= 0.3 is 0 Å². The lowest BCUT2D eigenvalue weighted by Crippen LogP contribution is -1.74. The summed E-state index contributed by atoms with van der Waals surface area (Å²) in [7, 11) is 0. The van der Waals surface area contributed by atoms with Crippen LogP contribution in [0.4, 0.5) is 0 Å². The first-order valence-electron chi connectivity index (χ1n) is 5.50. The normalized spacial score (nSPS) is 9.35. The van der Waals surface area contributed by atoms with Crippen LogP contribution in [0.25, 0.3) is 0 Å². The van der Waals surface area contributed by atoms with Crippen molar-refractivity contribution in [1.29, 1.82) is 0 Å². The van der Waals surface area contributed by atoms with Crippen molar-refractivity contribution in [2.24, 2.45) is 0 Å². The molecule has 0 bridgehead atoms. The SMILES string of the molecule is Cc1cc(C)cc(O)c1.Cc1cccc(O)c1. The van der Waals surface area contributed by atoms with E-state index < -0.39 is 0 Å². The van der Waals surface area contributed by atoms with Crippen LogP contribution in [0, 0.1) is 20.8 Å². The highest BCUT2D eigenvalue weighted by Crippen LogP contribution is 2.13. The summed E-state index contributed by atoms with van der Waals surface area (Å²) < 4.78 is 0. The van der Waals surface area contributed by atoms with Crippen LogP contribution in [0.3, 0.4) is 0 Å². The third kappa shape index (κ3) is 5.07. The minimum absolute atomic E-state index is 0.338. The maximum Gasteiger partial charge on any atom is 0.116 e. The average Bonchev–Trinajstić information content (AvgIpc) is 2.15. The zero-order valence-electron chi connectivity index (χ0n) is 10.4. The quantitative estimate of drug-likeness (QED) is 0.724. The first-order valence-corrected chi connectivity index (χ1v) is 5.50. The van der Waals surface area contributed by atoms with E-state index in [4.69, 9.17) is 10.2 Å². The first-order chi connectivity index (χ1) is 7.97. The van der Waals surface area contributed by atoms with Crippen molar-refractivity contribution in [3.05, 3.63) is 59.2 Å². The van der Waals surface area contributed by atoms with Gasteiger partial charge in [0.1, 0.15) is 11.5 Å². The van der Waals surface area contributed by atoms with Gasteiger partial charge in [-0.1, -0.05) is 18.2 Å². The van der Waals surface area contributed by atoms with E-state index in [1.807, 2.05) is 39.0 Å². The molecule has 2 N–H and O–H groups in total. The summed E-state index contributed by atoms with van der Waals surface area (Å²) in [5, 5.41) is 17.8. The van der Waals surface area contributed by atoms with E-state index in [0.717, 1.165) is 16.7 Å². The van der Waals surface area contributed by atoms with Crippen molar-refractivity contribution in [3.8, 4) is 11.5 Å². The molecule has 0 heterocycles. The second-order valence-electron chi connectivity index (χ2n) is 4.18. The summed E-state index contributed by atoms with van der Waals surface area (Å²) in [5.41, 5.74) is 3.30. The van der Waals surface area contributed by atoms with Crippen molar-refractivity contribution in [2.45, 2.75) is 20.8 Å². The molecule has 0 unspecified atom stereocenters. The second-order valence-corrected chi connectivity index (χ2v) is 4.18. The molecule has 90 valence electrons. The molecule has 0 spiro atoms. The fourth-order valence-corrected chi connectivity index (χ4v) is 1.58. The fourth-order valence-electron chi connectivity index (χ4n) is 1.58. The van der Waals surface area contributed by atoms with Crippen LogP contribution in [-0.4, -0.2) is 10.2 Å². The molecule has 2 heteroatoms. The Hall–Kier alpha value is -1.96. The van der Waals surface area contributed by atoms with Gasteiger partial charge in [0.2, 0.25) is 0 Å². The minimum Gasteiger partial charge on any atom is -0.508 e. The van der Waals surface area contributed by atoms with Gasteiger partial charge in [-0.2, -0.15) is 0 Å². The fraction of sp³-hybridized carbons (Fsp3) is 0.200. The summed E-state index contributed by atoms with van der Waals surface area (Å²) in [6.45, 7) is 5.87. The average molecular weight is 230 g/mol. The molecule has 0 aliphatic carbocycles. The lowest BCUT2D eigenvalue weighted by molar-refractivity contribution is 0.474. The smallest absolute Gasteiger partial charge is 0.116 e. The Kier molecular flexibility index (Phi) is 4.58. The Balaban J connectivity index is 0.000000171. The van der Waals surface area contributed by atoms with Gasteiger partial charge in [-0.05, 0) is 61.7 Å². The van der Waals surface area contributed by atoms with Crippen molar-refractivity contribution in [2.75, 3.05) is 0 Å². The predicted molar refractivity (Wildman–Crippen MR) is 70.4 cm³/mol. The molecule has 0 fully saturated rings. The molecule has 0 amide bonds. The van der Waals surface area contributed by atoms with Crippen molar-refractivity contribution in [3.63, 3.8) is 0 Å². The standard InChI is InChI=1S/C8H10O.C7H8O/c1-6-3-7(2)5-8(9)4-6;1-6-3-2-4-7(8)5-6/h3-5,9H,1-2H3;2-5,8H,1H3. The van der Waals surface area contributed by atoms with Crippen LogP contribution in [0.5, 0.6) is 11.5 Å². The van der Waals surface area contributed by atoms with Gasteiger partial charge < -0.3 is 10.2 Å². The molecule has 17 heavy (non-hydrogen) atoms. The molecule has 0 saturated carbocycles. The number of phenols is 2. The van der Waals surface area contributed by atoms with Gasteiger partial charge in [-0.25, -0.2) is 0 Å². The van der Waals surface area contributed by atoms with E-state index >= 15 is 0 Å². The highest BCUT2D eigenvalue weighted by molar-refractivity contribution is 5.31. The molecule has 2 nitrogen and oxygen atoms in total. The molecule has 0 radical (unpaired) electrons. The van der Waals surface area contributed by atoms with Gasteiger partial charge in [-0.3, -0.25) is 0 Å². The van der Waals surface area contributed by atoms with Crippen LogP contribution in [0.1, 0.15) is 16.7 Å². The summed E-state index contributed by atoms with van der Waals surface area (Å²) in [4.78, 5) is 0. The summed E-state index contributed by atoms with van der Waals surface area (Å²) in [5.74, 6) is 0.692. The number of rotatable bonds is 0. The van der Waals surface area contributed by atoms with E-state index in [0.29, 0.717) is 11.5 Å². The maximum atomic E-state index is 8.99. The van der Waals surface area contributed by atoms with Crippen molar-refractivity contribution >= 4 is 0 Å². The number of hydrogen-bond donors (Lipinski definition) is 2. The summed E-state index contributed by atoms with van der Waals surface area (Å²) in [6.07, 6.45) is 0. The van der Waals surface area contributed by atoms with E-state index in [9.17, 15) is 0 Å². The third-order valence-electron chi connectivity index (χ3n) is 2.21. The Morgan fingerprint density at radius 1 is 0.647 bits per heavy atom. The van der Waals surface area contributed by atoms with Gasteiger partial charge in [0.05, 0.1) is 0 Å². The number of aromatic hydroxyl groups is 2. The van der Waals surface area contributed by atoms with Gasteiger partial charge in [0.25, 0.3) is 0 Å². The highest BCUT2D eigenvalue weighted by atomic mass is 16.3. The molecule has 0 aliphatic rings. The zero-order chi connectivity index (χ0) is 12.8. The lowest BCUT2D eigenvalue weighted by Gasteiger charge is -1.95. The van der Waals surface area contributed by atoms with Crippen LogP contribution in [-0.2, 0) is 0 Å². The highest BCUT2D eigenvalue weighted by Gasteiger charge is 1.89. The maximum absolute atomic E-state index is 8.99. The minimum atomic E-state index is 0.338. The number of benzene rings is 2. The van der Waals surface area contributed by atoms with Crippen LogP contribution >= 0.6 is 0 Å². The molecule has 0 aromatic heterocycles. The predicted octanol–water partition coefficient (Wildman–Crippen LogP) is 3.71. The van der Waals surface area contributed by atoms with Crippen molar-refractivity contribution in [1.82, 2.24) is 0 Å². The Labute approximate surface area is 102 Å². The lowest BCUT2D eigenvalue weighted by atomic mass is 10.1. The summed E-state index contributed by atoms with van der Waals surface area (Å²) in [6, 6.07) is 12.7. The summed E-state index contributed by atoms with van der Waals surface area (Å²) >= 11 is 0. The Morgan fingerprint density at radius 3 is 1.53 bits per heavy atom. The second kappa shape index (κ2) is 5.94. The molecular formula is C15H18O2. The number of phenolic OH excluding ortho intramolecular Hbond substituents is 2. The Bertz CT molecular complexity index is 422. The molecule has 0 saturated heterocycles. The van der Waals surface area contributed by atoms with Crippen molar-refractivity contribution < 1.29 is 10.2 Å². The van der Waals surface area contributed by atoms with E-state index in [-0.39, 0.29) is 0 Å². The molecule has 0 aliphatic heterocycles. The van der Waals surface area contributed by atoms with E-state index in [1.54, 1.807) is 24.3 Å². The van der Waals surface area contributed by atoms with Crippen LogP contribution < -0.4 is 0 Å². The Morgan fingerprint density at radius 2 is 1.18 bits per heavy atom. The van der Waals surface area contributed by atoms with Gasteiger partial charge in [0, 0.05) is 0 Å². The number of aryl methyl sites for hydroxylation is 3. The van der Waals surface area contributed by atoms with E-state index in [2.05, 4.69) is 0 Å². The molecule has 2 aromatic carbocycles. The molecular weight excluding hydrogens is 212 g/mol. The molecule has 2 rings (SSSR count). The van der Waals surface area contributed by atoms with Gasteiger partial charge in [0.15, 0.2) is 0 Å². The first kappa shape index (κ1) is 13.1. The van der Waals surface area contributed by atoms with Gasteiger partial charge in [-0.15, -0.1) is 0 Å². The third-order valence-corrected chi connectivity index (χ3v) is 2.21.